The second kappa shape index (κ2) is 4.98. The van der Waals surface area contributed by atoms with Gasteiger partial charge in [0.1, 0.15) is 0 Å². The van der Waals surface area contributed by atoms with Crippen molar-refractivity contribution >= 4 is 0 Å². The zero-order valence-corrected chi connectivity index (χ0v) is 13.4. The van der Waals surface area contributed by atoms with E-state index in [1.54, 1.807) is 12.1 Å². The number of nitrogens with one attached hydrogen (secondary N) is 1. The molecule has 0 aliphatic heterocycles. The van der Waals surface area contributed by atoms with Crippen molar-refractivity contribution in [2.75, 3.05) is 0 Å². The number of benzene rings is 1. The lowest BCUT2D eigenvalue weighted by atomic mass is 9.69. The van der Waals surface area contributed by atoms with Crippen LogP contribution in [0.15, 0.2) is 24.3 Å². The standard InChI is InChI=1S/C18H24F3N/c1-16(2)14-8-9-17(16,3)15(10-14)22-11-12-4-6-13(7-5-12)18(19,20)21/h4-7,14-15,22H,8-11H2,1-3H3. The van der Waals surface area contributed by atoms with Gasteiger partial charge in [0, 0.05) is 12.6 Å². The third-order valence-electron chi connectivity index (χ3n) is 6.63. The van der Waals surface area contributed by atoms with Crippen LogP contribution >= 0.6 is 0 Å². The van der Waals surface area contributed by atoms with Crippen LogP contribution in [0, 0.1) is 16.7 Å². The van der Waals surface area contributed by atoms with Crippen molar-refractivity contribution in [3.05, 3.63) is 35.4 Å². The number of hydrogen-bond acceptors (Lipinski definition) is 1. The highest BCUT2D eigenvalue weighted by atomic mass is 19.4. The Bertz CT molecular complexity index is 546. The molecule has 0 saturated heterocycles. The molecule has 2 aliphatic rings. The van der Waals surface area contributed by atoms with Crippen molar-refractivity contribution in [3.8, 4) is 0 Å². The molecule has 1 aromatic carbocycles. The largest absolute Gasteiger partial charge is 0.416 e. The Hall–Kier alpha value is -1.03. The molecule has 3 unspecified atom stereocenters. The SMILES string of the molecule is CC1(C)C2CCC1(C)C(NCc1ccc(C(F)(F)F)cc1)C2. The van der Waals surface area contributed by atoms with Gasteiger partial charge in [0.05, 0.1) is 5.56 Å². The molecule has 1 nitrogen and oxygen atoms in total. The van der Waals surface area contributed by atoms with Crippen LogP contribution in [0.25, 0.3) is 0 Å². The Morgan fingerprint density at radius 1 is 1.14 bits per heavy atom. The van der Waals surface area contributed by atoms with Gasteiger partial charge in [-0.15, -0.1) is 0 Å². The van der Waals surface area contributed by atoms with Crippen molar-refractivity contribution in [2.24, 2.45) is 16.7 Å². The highest BCUT2D eigenvalue weighted by Gasteiger charge is 2.60. The summed E-state index contributed by atoms with van der Waals surface area (Å²) in [6, 6.07) is 5.96. The Morgan fingerprint density at radius 2 is 1.77 bits per heavy atom. The molecular weight excluding hydrogens is 287 g/mol. The van der Waals surface area contributed by atoms with Gasteiger partial charge in [-0.05, 0) is 53.7 Å². The molecule has 2 saturated carbocycles. The fraction of sp³-hybridized carbons (Fsp3) is 0.667. The minimum absolute atomic E-state index is 0.295. The topological polar surface area (TPSA) is 12.0 Å². The van der Waals surface area contributed by atoms with Crippen molar-refractivity contribution in [1.29, 1.82) is 0 Å². The van der Waals surface area contributed by atoms with Crippen molar-refractivity contribution in [1.82, 2.24) is 5.32 Å². The second-order valence-electron chi connectivity index (χ2n) is 7.74. The summed E-state index contributed by atoms with van der Waals surface area (Å²) in [6.45, 7) is 7.74. The summed E-state index contributed by atoms with van der Waals surface area (Å²) in [6.07, 6.45) is -0.518. The zero-order chi connectivity index (χ0) is 16.2. The van der Waals surface area contributed by atoms with Gasteiger partial charge in [-0.2, -0.15) is 13.2 Å². The number of alkyl halides is 3. The maximum absolute atomic E-state index is 12.6. The fourth-order valence-corrected chi connectivity index (χ4v) is 4.57. The van der Waals surface area contributed by atoms with Gasteiger partial charge < -0.3 is 5.32 Å². The van der Waals surface area contributed by atoms with E-state index in [9.17, 15) is 13.2 Å². The molecule has 2 bridgehead atoms. The molecule has 3 rings (SSSR count). The minimum Gasteiger partial charge on any atom is -0.309 e. The average Bonchev–Trinajstić information content (AvgIpc) is 2.77. The predicted molar refractivity (Wildman–Crippen MR) is 81.3 cm³/mol. The molecule has 122 valence electrons. The molecular formula is C18H24F3N. The van der Waals surface area contributed by atoms with Gasteiger partial charge in [0.15, 0.2) is 0 Å². The summed E-state index contributed by atoms with van der Waals surface area (Å²) >= 11 is 0. The third kappa shape index (κ3) is 2.36. The van der Waals surface area contributed by atoms with Gasteiger partial charge in [-0.3, -0.25) is 0 Å². The lowest BCUT2D eigenvalue weighted by Gasteiger charge is -2.39. The van der Waals surface area contributed by atoms with Crippen molar-refractivity contribution in [2.45, 2.75) is 58.8 Å². The zero-order valence-electron chi connectivity index (χ0n) is 13.4. The summed E-state index contributed by atoms with van der Waals surface area (Å²) in [5.74, 6) is 0.766. The third-order valence-corrected chi connectivity index (χ3v) is 6.63. The molecule has 1 N–H and O–H groups in total. The van der Waals surface area contributed by atoms with Gasteiger partial charge in [0.25, 0.3) is 0 Å². The summed E-state index contributed by atoms with van der Waals surface area (Å²) in [5, 5.41) is 3.60. The number of rotatable bonds is 3. The fourth-order valence-electron chi connectivity index (χ4n) is 4.57. The Balaban J connectivity index is 1.65. The monoisotopic (exact) mass is 311 g/mol. The molecule has 0 radical (unpaired) electrons. The van der Waals surface area contributed by atoms with Gasteiger partial charge >= 0.3 is 6.18 Å². The molecule has 2 aliphatic carbocycles. The number of halogens is 3. The predicted octanol–water partition coefficient (Wildman–Crippen LogP) is 5.01. The van der Waals surface area contributed by atoms with E-state index in [2.05, 4.69) is 26.1 Å². The van der Waals surface area contributed by atoms with Gasteiger partial charge in [-0.1, -0.05) is 32.9 Å². The minimum atomic E-state index is -4.26. The molecule has 0 heterocycles. The van der Waals surface area contributed by atoms with Crippen LogP contribution in [0.3, 0.4) is 0 Å². The van der Waals surface area contributed by atoms with Crippen LogP contribution in [0.1, 0.15) is 51.2 Å². The molecule has 0 amide bonds. The highest BCUT2D eigenvalue weighted by Crippen LogP contribution is 2.65. The summed E-state index contributed by atoms with van der Waals surface area (Å²) in [4.78, 5) is 0. The van der Waals surface area contributed by atoms with E-state index in [1.807, 2.05) is 0 Å². The molecule has 2 fully saturated rings. The van der Waals surface area contributed by atoms with E-state index < -0.39 is 11.7 Å². The first kappa shape index (κ1) is 15.9. The van der Waals surface area contributed by atoms with E-state index >= 15 is 0 Å². The summed E-state index contributed by atoms with van der Waals surface area (Å²) in [5.41, 5.74) is 0.982. The van der Waals surface area contributed by atoms with E-state index in [1.165, 1.54) is 31.4 Å². The van der Waals surface area contributed by atoms with E-state index in [0.29, 0.717) is 23.4 Å². The maximum Gasteiger partial charge on any atom is 0.416 e. The highest BCUT2D eigenvalue weighted by molar-refractivity contribution is 5.25. The van der Waals surface area contributed by atoms with Crippen LogP contribution < -0.4 is 5.32 Å². The first-order chi connectivity index (χ1) is 10.1. The number of hydrogen-bond donors (Lipinski definition) is 1. The molecule has 1 aromatic rings. The molecule has 0 spiro atoms. The van der Waals surface area contributed by atoms with Crippen LogP contribution in [0.5, 0.6) is 0 Å². The quantitative estimate of drug-likeness (QED) is 0.827. The van der Waals surface area contributed by atoms with Crippen molar-refractivity contribution in [3.63, 3.8) is 0 Å². The van der Waals surface area contributed by atoms with E-state index in [4.69, 9.17) is 0 Å². The van der Waals surface area contributed by atoms with Crippen LogP contribution in [0.2, 0.25) is 0 Å². The Kier molecular flexibility index (Phi) is 3.59. The van der Waals surface area contributed by atoms with Crippen molar-refractivity contribution < 1.29 is 13.2 Å². The average molecular weight is 311 g/mol. The molecule has 22 heavy (non-hydrogen) atoms. The van der Waals surface area contributed by atoms with Crippen LogP contribution in [-0.2, 0) is 12.7 Å². The van der Waals surface area contributed by atoms with E-state index in [-0.39, 0.29) is 0 Å². The summed E-state index contributed by atoms with van der Waals surface area (Å²) in [7, 11) is 0. The van der Waals surface area contributed by atoms with Crippen LogP contribution in [0.4, 0.5) is 13.2 Å². The van der Waals surface area contributed by atoms with E-state index in [0.717, 1.165) is 11.5 Å². The first-order valence-electron chi connectivity index (χ1n) is 8.04. The smallest absolute Gasteiger partial charge is 0.309 e. The summed E-state index contributed by atoms with van der Waals surface area (Å²) < 4.78 is 37.7. The number of fused-ring (bicyclic) bond motifs is 2. The Labute approximate surface area is 130 Å². The first-order valence-corrected chi connectivity index (χ1v) is 8.04. The normalized spacial score (nSPS) is 33.4. The maximum atomic E-state index is 12.6. The van der Waals surface area contributed by atoms with Gasteiger partial charge in [0.2, 0.25) is 0 Å². The second-order valence-corrected chi connectivity index (χ2v) is 7.74. The molecule has 0 aromatic heterocycles. The lowest BCUT2D eigenvalue weighted by molar-refractivity contribution is -0.137. The molecule has 4 heteroatoms. The van der Waals surface area contributed by atoms with Gasteiger partial charge in [-0.25, -0.2) is 0 Å². The molecule has 3 atom stereocenters. The lowest BCUT2D eigenvalue weighted by Crippen LogP contribution is -2.44. The van der Waals surface area contributed by atoms with Crippen LogP contribution in [-0.4, -0.2) is 6.04 Å². The Morgan fingerprint density at radius 3 is 2.23 bits per heavy atom.